The van der Waals surface area contributed by atoms with Crippen LogP contribution in [0.2, 0.25) is 0 Å². The molecule has 0 spiro atoms. The van der Waals surface area contributed by atoms with Gasteiger partial charge in [-0.1, -0.05) is 25.1 Å². The molecule has 0 radical (unpaired) electrons. The summed E-state index contributed by atoms with van der Waals surface area (Å²) in [6.45, 7) is 3.08. The molecule has 2 rings (SSSR count). The van der Waals surface area contributed by atoms with E-state index in [0.29, 0.717) is 19.6 Å². The molecule has 0 fully saturated rings. The quantitative estimate of drug-likeness (QED) is 0.734. The number of fused-ring (bicyclic) bond motifs is 1. The lowest BCUT2D eigenvalue weighted by Gasteiger charge is -2.24. The van der Waals surface area contributed by atoms with Crippen LogP contribution >= 0.6 is 0 Å². The van der Waals surface area contributed by atoms with Gasteiger partial charge < -0.3 is 9.47 Å². The molecule has 1 aromatic rings. The van der Waals surface area contributed by atoms with Crippen molar-refractivity contribution in [2.45, 2.75) is 25.7 Å². The highest BCUT2D eigenvalue weighted by Gasteiger charge is 2.28. The van der Waals surface area contributed by atoms with Crippen LogP contribution in [0.1, 0.15) is 31.2 Å². The Hall–Kier alpha value is -1.51. The SMILES string of the molecule is CCCOC(=O)C1CCOc2ccccc21. The highest BCUT2D eigenvalue weighted by atomic mass is 16.5. The van der Waals surface area contributed by atoms with Crippen LogP contribution in [0.25, 0.3) is 0 Å². The van der Waals surface area contributed by atoms with Crippen LogP contribution in [0, 0.1) is 0 Å². The zero-order valence-electron chi connectivity index (χ0n) is 9.44. The number of ether oxygens (including phenoxy) is 2. The smallest absolute Gasteiger partial charge is 0.313 e. The van der Waals surface area contributed by atoms with E-state index in [2.05, 4.69) is 0 Å². The zero-order valence-corrected chi connectivity index (χ0v) is 9.44. The van der Waals surface area contributed by atoms with E-state index in [4.69, 9.17) is 9.47 Å². The van der Waals surface area contributed by atoms with E-state index in [1.54, 1.807) is 0 Å². The molecule has 1 atom stereocenters. The summed E-state index contributed by atoms with van der Waals surface area (Å²) in [6.07, 6.45) is 1.57. The van der Waals surface area contributed by atoms with Gasteiger partial charge in [-0.15, -0.1) is 0 Å². The van der Waals surface area contributed by atoms with E-state index in [0.717, 1.165) is 17.7 Å². The van der Waals surface area contributed by atoms with Gasteiger partial charge in [0.25, 0.3) is 0 Å². The third-order valence-corrected chi connectivity index (χ3v) is 2.69. The highest BCUT2D eigenvalue weighted by Crippen LogP contribution is 2.33. The summed E-state index contributed by atoms with van der Waals surface area (Å²) in [5.74, 6) is 0.529. The minimum Gasteiger partial charge on any atom is -0.493 e. The molecule has 0 aromatic heterocycles. The van der Waals surface area contributed by atoms with Gasteiger partial charge in [0.05, 0.1) is 19.1 Å². The van der Waals surface area contributed by atoms with E-state index >= 15 is 0 Å². The number of carbonyl (C=O) groups excluding carboxylic acids is 1. The Morgan fingerprint density at radius 2 is 2.31 bits per heavy atom. The number of rotatable bonds is 3. The number of esters is 1. The van der Waals surface area contributed by atoms with Crippen molar-refractivity contribution in [3.8, 4) is 5.75 Å². The normalized spacial score (nSPS) is 18.4. The van der Waals surface area contributed by atoms with Crippen molar-refractivity contribution in [2.24, 2.45) is 0 Å². The highest BCUT2D eigenvalue weighted by molar-refractivity contribution is 5.79. The fourth-order valence-electron chi connectivity index (χ4n) is 1.89. The molecular formula is C13H16O3. The topological polar surface area (TPSA) is 35.5 Å². The van der Waals surface area contributed by atoms with E-state index < -0.39 is 0 Å². The van der Waals surface area contributed by atoms with Crippen LogP contribution in [0.4, 0.5) is 0 Å². The number of para-hydroxylation sites is 1. The molecule has 0 bridgehead atoms. The summed E-state index contributed by atoms with van der Waals surface area (Å²) >= 11 is 0. The predicted molar refractivity (Wildman–Crippen MR) is 60.5 cm³/mol. The first-order chi connectivity index (χ1) is 7.83. The third kappa shape index (κ3) is 2.18. The number of hydrogen-bond acceptors (Lipinski definition) is 3. The Labute approximate surface area is 95.4 Å². The average molecular weight is 220 g/mol. The molecular weight excluding hydrogens is 204 g/mol. The first-order valence-electron chi connectivity index (χ1n) is 5.71. The number of benzene rings is 1. The summed E-state index contributed by atoms with van der Waals surface area (Å²) in [4.78, 5) is 11.8. The van der Waals surface area contributed by atoms with Crippen molar-refractivity contribution >= 4 is 5.97 Å². The summed E-state index contributed by atoms with van der Waals surface area (Å²) in [7, 11) is 0. The van der Waals surface area contributed by atoms with Crippen LogP contribution in [0.3, 0.4) is 0 Å². The van der Waals surface area contributed by atoms with Gasteiger partial charge in [0.1, 0.15) is 5.75 Å². The van der Waals surface area contributed by atoms with E-state index in [1.165, 1.54) is 0 Å². The van der Waals surface area contributed by atoms with E-state index in [1.807, 2.05) is 31.2 Å². The molecule has 86 valence electrons. The lowest BCUT2D eigenvalue weighted by atomic mass is 9.93. The second kappa shape index (κ2) is 5.01. The Balaban J connectivity index is 2.15. The first kappa shape index (κ1) is 11.0. The Kier molecular flexibility index (Phi) is 3.44. The largest absolute Gasteiger partial charge is 0.493 e. The standard InChI is InChI=1S/C13H16O3/c1-2-8-16-13(14)11-7-9-15-12-6-4-3-5-10(11)12/h3-6,11H,2,7-9H2,1H3. The van der Waals surface area contributed by atoms with Crippen LogP contribution in [-0.4, -0.2) is 19.2 Å². The molecule has 1 aromatic carbocycles. The summed E-state index contributed by atoms with van der Waals surface area (Å²) in [6, 6.07) is 7.67. The molecule has 1 aliphatic rings. The van der Waals surface area contributed by atoms with Crippen molar-refractivity contribution in [3.05, 3.63) is 29.8 Å². The van der Waals surface area contributed by atoms with Gasteiger partial charge in [-0.3, -0.25) is 4.79 Å². The number of hydrogen-bond donors (Lipinski definition) is 0. The van der Waals surface area contributed by atoms with Crippen molar-refractivity contribution in [1.29, 1.82) is 0 Å². The molecule has 0 amide bonds. The first-order valence-corrected chi connectivity index (χ1v) is 5.71. The minimum absolute atomic E-state index is 0.127. The van der Waals surface area contributed by atoms with E-state index in [9.17, 15) is 4.79 Å². The van der Waals surface area contributed by atoms with Gasteiger partial charge in [0.15, 0.2) is 0 Å². The second-order valence-electron chi connectivity index (χ2n) is 3.90. The maximum Gasteiger partial charge on any atom is 0.313 e. The van der Waals surface area contributed by atoms with Crippen LogP contribution in [-0.2, 0) is 9.53 Å². The van der Waals surface area contributed by atoms with Gasteiger partial charge in [0.2, 0.25) is 0 Å². The van der Waals surface area contributed by atoms with Crippen LogP contribution in [0.5, 0.6) is 5.75 Å². The lowest BCUT2D eigenvalue weighted by Crippen LogP contribution is -2.23. The second-order valence-corrected chi connectivity index (χ2v) is 3.90. The molecule has 0 aliphatic carbocycles. The van der Waals surface area contributed by atoms with Crippen molar-refractivity contribution < 1.29 is 14.3 Å². The molecule has 3 nitrogen and oxygen atoms in total. The van der Waals surface area contributed by atoms with Gasteiger partial charge in [-0.2, -0.15) is 0 Å². The third-order valence-electron chi connectivity index (χ3n) is 2.69. The monoisotopic (exact) mass is 220 g/mol. The number of carbonyl (C=O) groups is 1. The molecule has 3 heteroatoms. The van der Waals surface area contributed by atoms with Gasteiger partial charge in [-0.05, 0) is 18.9 Å². The molecule has 0 saturated heterocycles. The van der Waals surface area contributed by atoms with Crippen LogP contribution < -0.4 is 4.74 Å². The van der Waals surface area contributed by atoms with E-state index in [-0.39, 0.29) is 11.9 Å². The Bertz CT molecular complexity index is 373. The molecule has 1 heterocycles. The Morgan fingerprint density at radius 1 is 1.50 bits per heavy atom. The Morgan fingerprint density at radius 3 is 3.12 bits per heavy atom. The summed E-state index contributed by atoms with van der Waals surface area (Å²) in [5, 5.41) is 0. The van der Waals surface area contributed by atoms with Crippen molar-refractivity contribution in [3.63, 3.8) is 0 Å². The molecule has 1 unspecified atom stereocenters. The average Bonchev–Trinajstić information content (AvgIpc) is 2.35. The van der Waals surface area contributed by atoms with Gasteiger partial charge in [0, 0.05) is 5.56 Å². The zero-order chi connectivity index (χ0) is 11.4. The summed E-state index contributed by atoms with van der Waals surface area (Å²) < 4.78 is 10.7. The fourth-order valence-corrected chi connectivity index (χ4v) is 1.89. The maximum atomic E-state index is 11.8. The molecule has 1 aliphatic heterocycles. The van der Waals surface area contributed by atoms with Crippen molar-refractivity contribution in [2.75, 3.05) is 13.2 Å². The van der Waals surface area contributed by atoms with Gasteiger partial charge >= 0.3 is 5.97 Å². The fraction of sp³-hybridized carbons (Fsp3) is 0.462. The van der Waals surface area contributed by atoms with Crippen molar-refractivity contribution in [1.82, 2.24) is 0 Å². The maximum absolute atomic E-state index is 11.8. The molecule has 16 heavy (non-hydrogen) atoms. The molecule has 0 N–H and O–H groups in total. The van der Waals surface area contributed by atoms with Crippen LogP contribution in [0.15, 0.2) is 24.3 Å². The molecule has 0 saturated carbocycles. The summed E-state index contributed by atoms with van der Waals surface area (Å²) in [5.41, 5.74) is 0.954. The minimum atomic E-state index is -0.156. The predicted octanol–water partition coefficient (Wildman–Crippen LogP) is 2.51. The lowest BCUT2D eigenvalue weighted by molar-refractivity contribution is -0.146. The van der Waals surface area contributed by atoms with Gasteiger partial charge in [-0.25, -0.2) is 0 Å².